The van der Waals surface area contributed by atoms with Crippen molar-refractivity contribution in [1.82, 2.24) is 0 Å². The van der Waals surface area contributed by atoms with Crippen molar-refractivity contribution in [1.29, 1.82) is 0 Å². The van der Waals surface area contributed by atoms with E-state index in [4.69, 9.17) is 18.9 Å². The highest BCUT2D eigenvalue weighted by Crippen LogP contribution is 2.21. The summed E-state index contributed by atoms with van der Waals surface area (Å²) >= 11 is 0. The van der Waals surface area contributed by atoms with Crippen LogP contribution in [0.25, 0.3) is 0 Å². The van der Waals surface area contributed by atoms with Crippen molar-refractivity contribution in [3.63, 3.8) is 0 Å². The van der Waals surface area contributed by atoms with Crippen molar-refractivity contribution in [2.24, 2.45) is 0 Å². The van der Waals surface area contributed by atoms with E-state index >= 15 is 0 Å². The Kier molecular flexibility index (Phi) is 82.6. The van der Waals surface area contributed by atoms with E-state index in [2.05, 4.69) is 62.5 Å². The Morgan fingerprint density at radius 2 is 0.553 bits per heavy atom. The van der Waals surface area contributed by atoms with Crippen LogP contribution in [0.4, 0.5) is 0 Å². The maximum absolute atomic E-state index is 13.0. The molecule has 0 radical (unpaired) electrons. The molecule has 0 bridgehead atoms. The summed E-state index contributed by atoms with van der Waals surface area (Å²) in [5, 5.41) is 9.80. The normalized spacial score (nSPS) is 12.7. The lowest BCUT2D eigenvalue weighted by molar-refractivity contribution is -0.870. The summed E-state index contributed by atoms with van der Waals surface area (Å²) in [5.41, 5.74) is 0. The number of unbranched alkanes of at least 4 members (excludes halogenated alkanes) is 64. The average molecular weight is 1450 g/mol. The number of hydrogen-bond donors (Lipinski definition) is 1. The SMILES string of the molecule is CC/C=C\C/C=C\C/C=C\C/C=C\CCCCCCCCCCCCCCCCCCCCCCCCCCCCC(=O)OC(COC(=O)CCCCCCCCCCCCCCCCCCCCCCCCCCCCCCCCCCCCCCCCC)COC(OCC[N+](C)(C)C)C(=O)O. The smallest absolute Gasteiger partial charge is 0.361 e. The minimum Gasteiger partial charge on any atom is -0.477 e. The minimum atomic E-state index is -1.51. The molecule has 0 aliphatic heterocycles. The second-order valence-corrected chi connectivity index (χ2v) is 32.6. The summed E-state index contributed by atoms with van der Waals surface area (Å²) in [7, 11) is 6.01. The van der Waals surface area contributed by atoms with Gasteiger partial charge in [-0.25, -0.2) is 4.79 Å². The van der Waals surface area contributed by atoms with Crippen LogP contribution in [0.5, 0.6) is 0 Å². The lowest BCUT2D eigenvalue weighted by atomic mass is 10.0. The van der Waals surface area contributed by atoms with Gasteiger partial charge in [-0.15, -0.1) is 0 Å². The highest BCUT2D eigenvalue weighted by molar-refractivity contribution is 5.71. The molecule has 2 atom stereocenters. The number of allylic oxidation sites excluding steroid dienone is 8. The molecule has 0 saturated carbocycles. The van der Waals surface area contributed by atoms with Crippen molar-refractivity contribution >= 4 is 17.9 Å². The number of carboxylic acid groups (broad SMARTS) is 1. The van der Waals surface area contributed by atoms with Crippen LogP contribution in [0.1, 0.15) is 476 Å². The van der Waals surface area contributed by atoms with Crippen LogP contribution in [0.3, 0.4) is 0 Å². The van der Waals surface area contributed by atoms with Gasteiger partial charge in [0.05, 0.1) is 34.4 Å². The van der Waals surface area contributed by atoms with E-state index in [9.17, 15) is 19.5 Å². The molecule has 0 aliphatic carbocycles. The van der Waals surface area contributed by atoms with E-state index < -0.39 is 18.4 Å². The first-order valence-electron chi connectivity index (χ1n) is 45.8. The zero-order chi connectivity index (χ0) is 74.6. The Bertz CT molecular complexity index is 1840. The molecule has 0 heterocycles. The number of carbonyl (C=O) groups is 3. The van der Waals surface area contributed by atoms with Gasteiger partial charge in [0.25, 0.3) is 6.29 Å². The first-order valence-corrected chi connectivity index (χ1v) is 45.8. The predicted octanol–water partition coefficient (Wildman–Crippen LogP) is 29.9. The molecule has 103 heavy (non-hydrogen) atoms. The molecule has 0 fully saturated rings. The Morgan fingerprint density at radius 1 is 0.301 bits per heavy atom. The third kappa shape index (κ3) is 86.4. The van der Waals surface area contributed by atoms with Gasteiger partial charge in [-0.3, -0.25) is 9.59 Å². The van der Waals surface area contributed by atoms with Crippen molar-refractivity contribution in [2.45, 2.75) is 489 Å². The van der Waals surface area contributed by atoms with Crippen molar-refractivity contribution in [2.75, 3.05) is 47.5 Å². The van der Waals surface area contributed by atoms with Crippen LogP contribution in [0, 0.1) is 0 Å². The fourth-order valence-electron chi connectivity index (χ4n) is 14.2. The molecule has 0 aromatic rings. The molecule has 9 nitrogen and oxygen atoms in total. The van der Waals surface area contributed by atoms with Crippen LogP contribution in [0.15, 0.2) is 48.6 Å². The number of hydrogen-bond acceptors (Lipinski definition) is 7. The Balaban J connectivity index is 3.87. The number of aliphatic carboxylic acids is 1. The van der Waals surface area contributed by atoms with Gasteiger partial charge in [0.2, 0.25) is 0 Å². The fraction of sp³-hybridized carbons (Fsp3) is 0.883. The summed E-state index contributed by atoms with van der Waals surface area (Å²) < 4.78 is 23.1. The van der Waals surface area contributed by atoms with Gasteiger partial charge in [0, 0.05) is 12.8 Å². The number of ether oxygens (including phenoxy) is 4. The second kappa shape index (κ2) is 84.9. The largest absolute Gasteiger partial charge is 0.477 e. The third-order valence-corrected chi connectivity index (χ3v) is 21.1. The van der Waals surface area contributed by atoms with Crippen molar-refractivity contribution in [3.8, 4) is 0 Å². The standard InChI is InChI=1S/C94H177NO8/c1-6-8-10-12-14-16-18-20-22-24-26-28-30-32-34-36-38-40-42-44-46-48-50-52-54-56-58-60-62-64-66-68-70-72-74-76-78-80-82-84-91(96)101-88-90(89-102-94(93(98)99)100-87-86-95(3,4)5)103-92(97)85-83-81-79-77-75-73-71-69-67-65-63-61-59-57-55-53-51-49-47-45-43-41-39-37-35-33-31-29-27-25-23-21-19-17-15-13-11-9-7-2/h9,11,15,17,21,23,27,29,90,94H,6-8,10,12-14,16,18-20,22,24-26,28,30-89H2,1-5H3/p+1/b11-9-,17-15-,23-21-,29-27-. The van der Waals surface area contributed by atoms with Crippen LogP contribution in [0.2, 0.25) is 0 Å². The molecule has 0 saturated heterocycles. The molecular formula is C94H178NO8+. The van der Waals surface area contributed by atoms with E-state index in [1.54, 1.807) is 0 Å². The van der Waals surface area contributed by atoms with Crippen molar-refractivity contribution in [3.05, 3.63) is 48.6 Å². The van der Waals surface area contributed by atoms with Crippen LogP contribution < -0.4 is 0 Å². The van der Waals surface area contributed by atoms with Crippen LogP contribution in [-0.2, 0) is 33.3 Å². The van der Waals surface area contributed by atoms with Crippen molar-refractivity contribution < 1.29 is 42.9 Å². The maximum atomic E-state index is 13.0. The highest BCUT2D eigenvalue weighted by Gasteiger charge is 2.25. The summed E-state index contributed by atoms with van der Waals surface area (Å²) in [5.74, 6) is -1.96. The van der Waals surface area contributed by atoms with E-state index in [0.717, 1.165) is 64.2 Å². The number of nitrogens with zero attached hydrogens (tertiary/aromatic N) is 1. The quantitative estimate of drug-likeness (QED) is 0.0211. The molecular weight excluding hydrogens is 1270 g/mol. The molecule has 0 aromatic heterocycles. The number of esters is 2. The van der Waals surface area contributed by atoms with Gasteiger partial charge >= 0.3 is 17.9 Å². The Labute approximate surface area is 642 Å². The molecule has 2 unspecified atom stereocenters. The van der Waals surface area contributed by atoms with E-state index in [1.165, 1.54) is 385 Å². The van der Waals surface area contributed by atoms with Gasteiger partial charge in [-0.2, -0.15) is 0 Å². The number of carboxylic acids is 1. The van der Waals surface area contributed by atoms with E-state index in [1.807, 2.05) is 21.1 Å². The average Bonchev–Trinajstić information content (AvgIpc) is 0.985. The highest BCUT2D eigenvalue weighted by atomic mass is 16.7. The summed E-state index contributed by atoms with van der Waals surface area (Å²) in [6.45, 7) is 4.86. The Hall–Kier alpha value is -2.75. The first-order chi connectivity index (χ1) is 50.6. The molecule has 0 spiro atoms. The topological polar surface area (TPSA) is 108 Å². The predicted molar refractivity (Wildman–Crippen MR) is 447 cm³/mol. The van der Waals surface area contributed by atoms with Gasteiger partial charge in [-0.1, -0.05) is 461 Å². The van der Waals surface area contributed by atoms with Crippen LogP contribution in [-0.4, -0.2) is 87.4 Å². The van der Waals surface area contributed by atoms with Gasteiger partial charge in [-0.05, 0) is 51.4 Å². The lowest BCUT2D eigenvalue weighted by Crippen LogP contribution is -2.40. The molecule has 0 amide bonds. The number of rotatable bonds is 87. The maximum Gasteiger partial charge on any atom is 0.361 e. The number of likely N-dealkylation sites (N-methyl/N-ethyl adjacent to an activating group) is 1. The molecule has 0 aliphatic rings. The third-order valence-electron chi connectivity index (χ3n) is 21.1. The number of carbonyl (C=O) groups excluding carboxylic acids is 2. The number of quaternary nitrogens is 1. The van der Waals surface area contributed by atoms with Gasteiger partial charge in [0.1, 0.15) is 13.2 Å². The molecule has 0 aromatic carbocycles. The van der Waals surface area contributed by atoms with E-state index in [-0.39, 0.29) is 38.2 Å². The summed E-state index contributed by atoms with van der Waals surface area (Å²) in [6, 6.07) is 0. The van der Waals surface area contributed by atoms with Gasteiger partial charge < -0.3 is 28.5 Å². The monoisotopic (exact) mass is 1450 g/mol. The van der Waals surface area contributed by atoms with Crippen LogP contribution >= 0.6 is 0 Å². The Morgan fingerprint density at radius 3 is 0.825 bits per heavy atom. The molecule has 0 rings (SSSR count). The zero-order valence-electron chi connectivity index (χ0n) is 69.8. The van der Waals surface area contributed by atoms with Gasteiger partial charge in [0.15, 0.2) is 6.10 Å². The molecule has 606 valence electrons. The molecule has 9 heteroatoms. The zero-order valence-corrected chi connectivity index (χ0v) is 69.8. The summed E-state index contributed by atoms with van der Waals surface area (Å²) in [4.78, 5) is 37.8. The lowest BCUT2D eigenvalue weighted by Gasteiger charge is -2.25. The van der Waals surface area contributed by atoms with E-state index in [0.29, 0.717) is 17.4 Å². The minimum absolute atomic E-state index is 0.174. The fourth-order valence-corrected chi connectivity index (χ4v) is 14.2. The molecule has 1 N–H and O–H groups in total. The summed E-state index contributed by atoms with van der Waals surface area (Å²) in [6.07, 6.45) is 111. The first kappa shape index (κ1) is 100. The second-order valence-electron chi connectivity index (χ2n) is 32.6.